The monoisotopic (exact) mass is 312 g/mol. The summed E-state index contributed by atoms with van der Waals surface area (Å²) in [7, 11) is -3.17. The molecular formula is C14H20N2O4S. The van der Waals surface area contributed by atoms with E-state index in [1.165, 1.54) is 10.6 Å². The number of aliphatic carboxylic acids is 1. The number of sulfonamides is 1. The Morgan fingerprint density at radius 3 is 2.24 bits per heavy atom. The van der Waals surface area contributed by atoms with Gasteiger partial charge in [0.05, 0.1) is 12.7 Å². The van der Waals surface area contributed by atoms with Crippen LogP contribution in [0.25, 0.3) is 0 Å². The third kappa shape index (κ3) is 4.26. The van der Waals surface area contributed by atoms with E-state index in [0.717, 1.165) is 5.56 Å². The van der Waals surface area contributed by atoms with Crippen molar-refractivity contribution >= 4 is 16.0 Å². The molecule has 116 valence electrons. The van der Waals surface area contributed by atoms with Crippen LogP contribution in [0.4, 0.5) is 0 Å². The fraction of sp³-hybridized carbons (Fsp3) is 0.500. The molecule has 1 aliphatic heterocycles. The molecule has 0 amide bonds. The summed E-state index contributed by atoms with van der Waals surface area (Å²) in [5, 5.41) is 9.12. The van der Waals surface area contributed by atoms with Gasteiger partial charge in [-0.2, -0.15) is 4.31 Å². The zero-order valence-corrected chi connectivity index (χ0v) is 12.8. The first-order chi connectivity index (χ1) is 9.88. The molecule has 0 aliphatic carbocycles. The number of nitrogens with zero attached hydrogens (tertiary/aromatic N) is 2. The third-order valence-corrected chi connectivity index (χ3v) is 5.04. The number of rotatable bonds is 5. The molecule has 0 saturated carbocycles. The minimum atomic E-state index is -3.17. The van der Waals surface area contributed by atoms with Gasteiger partial charge < -0.3 is 5.11 Å². The molecule has 1 aromatic rings. The van der Waals surface area contributed by atoms with E-state index in [1.807, 2.05) is 35.2 Å². The lowest BCUT2D eigenvalue weighted by molar-refractivity contribution is -0.138. The van der Waals surface area contributed by atoms with Crippen molar-refractivity contribution in [1.82, 2.24) is 9.21 Å². The molecule has 1 fully saturated rings. The maximum absolute atomic E-state index is 11.5. The predicted octanol–water partition coefficient (Wildman–Crippen LogP) is 0.780. The van der Waals surface area contributed by atoms with Gasteiger partial charge in [0.15, 0.2) is 0 Å². The second-order valence-electron chi connectivity index (χ2n) is 5.22. The summed E-state index contributed by atoms with van der Waals surface area (Å²) >= 11 is 0. The third-order valence-electron chi connectivity index (χ3n) is 3.74. The molecule has 2 rings (SSSR count). The van der Waals surface area contributed by atoms with Crippen molar-refractivity contribution in [2.24, 2.45) is 0 Å². The molecule has 21 heavy (non-hydrogen) atoms. The molecule has 7 heteroatoms. The maximum atomic E-state index is 11.5. The van der Waals surface area contributed by atoms with Crippen molar-refractivity contribution in [2.45, 2.75) is 12.5 Å². The molecule has 0 aromatic heterocycles. The van der Waals surface area contributed by atoms with Crippen LogP contribution in [0.5, 0.6) is 0 Å². The lowest BCUT2D eigenvalue weighted by atomic mass is 10.0. The summed E-state index contributed by atoms with van der Waals surface area (Å²) in [6.45, 7) is 1.89. The highest BCUT2D eigenvalue weighted by Gasteiger charge is 2.29. The fourth-order valence-electron chi connectivity index (χ4n) is 2.65. The molecule has 1 aromatic carbocycles. The van der Waals surface area contributed by atoms with Crippen LogP contribution in [0.2, 0.25) is 0 Å². The van der Waals surface area contributed by atoms with Crippen LogP contribution < -0.4 is 0 Å². The molecule has 1 aliphatic rings. The SMILES string of the molecule is CS(=O)(=O)N1CCN(C(CC(=O)O)c2ccccc2)CC1. The summed E-state index contributed by atoms with van der Waals surface area (Å²) in [6, 6.07) is 9.27. The molecule has 1 saturated heterocycles. The van der Waals surface area contributed by atoms with Gasteiger partial charge in [-0.1, -0.05) is 30.3 Å². The highest BCUT2D eigenvalue weighted by Crippen LogP contribution is 2.25. The van der Waals surface area contributed by atoms with Crippen molar-refractivity contribution in [3.8, 4) is 0 Å². The number of carbonyl (C=O) groups is 1. The summed E-state index contributed by atoms with van der Waals surface area (Å²) in [5.41, 5.74) is 0.952. The quantitative estimate of drug-likeness (QED) is 0.869. The number of carboxylic acids is 1. The van der Waals surface area contributed by atoms with Gasteiger partial charge in [-0.3, -0.25) is 9.69 Å². The standard InChI is InChI=1S/C14H20N2O4S/c1-21(19,20)16-9-7-15(8-10-16)13(11-14(17)18)12-5-3-2-4-6-12/h2-6,13H,7-11H2,1H3,(H,17,18). The van der Waals surface area contributed by atoms with E-state index in [9.17, 15) is 13.2 Å². The van der Waals surface area contributed by atoms with Crippen molar-refractivity contribution < 1.29 is 18.3 Å². The van der Waals surface area contributed by atoms with E-state index in [0.29, 0.717) is 26.2 Å². The Morgan fingerprint density at radius 2 is 1.76 bits per heavy atom. The zero-order valence-electron chi connectivity index (χ0n) is 12.0. The van der Waals surface area contributed by atoms with Crippen molar-refractivity contribution in [3.63, 3.8) is 0 Å². The van der Waals surface area contributed by atoms with Crippen molar-refractivity contribution in [3.05, 3.63) is 35.9 Å². The van der Waals surface area contributed by atoms with Gasteiger partial charge in [-0.05, 0) is 5.56 Å². The average molecular weight is 312 g/mol. The molecule has 1 unspecified atom stereocenters. The van der Waals surface area contributed by atoms with Crippen LogP contribution in [-0.4, -0.2) is 61.1 Å². The number of carboxylic acid groups (broad SMARTS) is 1. The Balaban J connectivity index is 2.11. The first-order valence-electron chi connectivity index (χ1n) is 6.84. The number of piperazine rings is 1. The summed E-state index contributed by atoms with van der Waals surface area (Å²) < 4.78 is 24.5. The molecule has 6 nitrogen and oxygen atoms in total. The van der Waals surface area contributed by atoms with Gasteiger partial charge in [-0.15, -0.1) is 0 Å². The number of hydrogen-bond acceptors (Lipinski definition) is 4. The highest BCUT2D eigenvalue weighted by molar-refractivity contribution is 7.88. The molecule has 0 spiro atoms. The minimum absolute atomic E-state index is 0.0168. The molecular weight excluding hydrogens is 292 g/mol. The van der Waals surface area contributed by atoms with Crippen LogP contribution in [0, 0.1) is 0 Å². The van der Waals surface area contributed by atoms with Gasteiger partial charge in [-0.25, -0.2) is 8.42 Å². The van der Waals surface area contributed by atoms with Crippen LogP contribution in [0.1, 0.15) is 18.0 Å². The first-order valence-corrected chi connectivity index (χ1v) is 8.68. The number of hydrogen-bond donors (Lipinski definition) is 1. The van der Waals surface area contributed by atoms with Crippen LogP contribution in [0.3, 0.4) is 0 Å². The predicted molar refractivity (Wildman–Crippen MR) is 79.4 cm³/mol. The smallest absolute Gasteiger partial charge is 0.305 e. The Labute approximate surface area is 125 Å². The van der Waals surface area contributed by atoms with Gasteiger partial charge in [0.2, 0.25) is 10.0 Å². The lowest BCUT2D eigenvalue weighted by Crippen LogP contribution is -2.49. The first kappa shape index (κ1) is 15.9. The van der Waals surface area contributed by atoms with Gasteiger partial charge in [0.25, 0.3) is 0 Å². The Hall–Kier alpha value is -1.44. The average Bonchev–Trinajstić information content (AvgIpc) is 2.45. The molecule has 0 bridgehead atoms. The van der Waals surface area contributed by atoms with E-state index in [2.05, 4.69) is 0 Å². The van der Waals surface area contributed by atoms with Crippen LogP contribution >= 0.6 is 0 Å². The normalized spacial score (nSPS) is 19.3. The summed E-state index contributed by atoms with van der Waals surface area (Å²) in [6.07, 6.45) is 1.22. The maximum Gasteiger partial charge on any atom is 0.305 e. The second-order valence-corrected chi connectivity index (χ2v) is 7.20. The molecule has 1 atom stereocenters. The van der Waals surface area contributed by atoms with Gasteiger partial charge in [0.1, 0.15) is 0 Å². The molecule has 0 radical (unpaired) electrons. The summed E-state index contributed by atoms with van der Waals surface area (Å²) in [4.78, 5) is 13.2. The van der Waals surface area contributed by atoms with E-state index >= 15 is 0 Å². The topological polar surface area (TPSA) is 77.9 Å². The fourth-order valence-corrected chi connectivity index (χ4v) is 3.47. The molecule has 1 N–H and O–H groups in total. The van der Waals surface area contributed by atoms with Crippen LogP contribution in [-0.2, 0) is 14.8 Å². The Bertz CT molecular complexity index is 580. The summed E-state index contributed by atoms with van der Waals surface area (Å²) in [5.74, 6) is -0.852. The lowest BCUT2D eigenvalue weighted by Gasteiger charge is -2.38. The van der Waals surface area contributed by atoms with Gasteiger partial charge in [0, 0.05) is 32.2 Å². The highest BCUT2D eigenvalue weighted by atomic mass is 32.2. The van der Waals surface area contributed by atoms with Gasteiger partial charge >= 0.3 is 5.97 Å². The second kappa shape index (κ2) is 6.55. The van der Waals surface area contributed by atoms with Crippen molar-refractivity contribution in [1.29, 1.82) is 0 Å². The Kier molecular flexibility index (Phi) is 4.97. The molecule has 1 heterocycles. The van der Waals surface area contributed by atoms with E-state index in [4.69, 9.17) is 5.11 Å². The zero-order chi connectivity index (χ0) is 15.5. The van der Waals surface area contributed by atoms with Crippen molar-refractivity contribution in [2.75, 3.05) is 32.4 Å². The largest absolute Gasteiger partial charge is 0.481 e. The minimum Gasteiger partial charge on any atom is -0.481 e. The van der Waals surface area contributed by atoms with E-state index in [-0.39, 0.29) is 12.5 Å². The Morgan fingerprint density at radius 1 is 1.19 bits per heavy atom. The number of benzene rings is 1. The van der Waals surface area contributed by atoms with Crippen LogP contribution in [0.15, 0.2) is 30.3 Å². The van der Waals surface area contributed by atoms with E-state index < -0.39 is 16.0 Å². The van der Waals surface area contributed by atoms with E-state index in [1.54, 1.807) is 0 Å².